The Morgan fingerprint density at radius 3 is 2.71 bits per heavy atom. The van der Waals surface area contributed by atoms with E-state index in [4.69, 9.17) is 19.4 Å². The molecular weight excluding hydrogens is 412 g/mol. The third kappa shape index (κ3) is 3.92. The van der Waals surface area contributed by atoms with Gasteiger partial charge < -0.3 is 14.4 Å². The van der Waals surface area contributed by atoms with Crippen LogP contribution in [0, 0.1) is 0 Å². The smallest absolute Gasteiger partial charge is 0.261 e. The van der Waals surface area contributed by atoms with E-state index in [0.29, 0.717) is 31.7 Å². The molecule has 0 fully saturated rings. The molecule has 5 rings (SSSR count). The average Bonchev–Trinajstić information content (AvgIpc) is 3.24. The monoisotopic (exact) mass is 434 g/mol. The van der Waals surface area contributed by atoms with E-state index in [1.165, 1.54) is 11.3 Å². The van der Waals surface area contributed by atoms with E-state index < -0.39 is 0 Å². The summed E-state index contributed by atoms with van der Waals surface area (Å²) >= 11 is 1.53. The second kappa shape index (κ2) is 8.13. The molecule has 0 spiro atoms. The number of benzene rings is 2. The summed E-state index contributed by atoms with van der Waals surface area (Å²) in [6.45, 7) is 2.07. The summed E-state index contributed by atoms with van der Waals surface area (Å²) in [6.07, 6.45) is 0. The molecule has 0 saturated heterocycles. The topological polar surface area (TPSA) is 69.5 Å². The van der Waals surface area contributed by atoms with Crippen LogP contribution in [0.25, 0.3) is 22.2 Å². The fraction of sp³-hybridized carbons (Fsp3) is 0.261. The summed E-state index contributed by atoms with van der Waals surface area (Å²) in [7, 11) is 3.93. The van der Waals surface area contributed by atoms with Crippen LogP contribution in [0.3, 0.4) is 0 Å². The highest BCUT2D eigenvalue weighted by molar-refractivity contribution is 7.09. The van der Waals surface area contributed by atoms with E-state index >= 15 is 0 Å². The number of rotatable bonds is 5. The highest BCUT2D eigenvalue weighted by Crippen LogP contribution is 2.34. The lowest BCUT2D eigenvalue weighted by molar-refractivity contribution is 0.171. The Kier molecular flexibility index (Phi) is 5.17. The number of fused-ring (bicyclic) bond motifs is 2. The molecule has 0 saturated carbocycles. The summed E-state index contributed by atoms with van der Waals surface area (Å²) in [4.78, 5) is 24.8. The minimum absolute atomic E-state index is 0.0430. The number of hydrogen-bond donors (Lipinski definition) is 0. The molecule has 4 aromatic rings. The van der Waals surface area contributed by atoms with Crippen LogP contribution < -0.4 is 15.0 Å². The molecule has 8 heteroatoms. The molecule has 1 aliphatic rings. The lowest BCUT2D eigenvalue weighted by Crippen LogP contribution is -2.28. The molecule has 7 nitrogen and oxygen atoms in total. The zero-order valence-corrected chi connectivity index (χ0v) is 18.2. The first kappa shape index (κ1) is 19.7. The van der Waals surface area contributed by atoms with Gasteiger partial charge in [0.15, 0.2) is 11.5 Å². The highest BCUT2D eigenvalue weighted by atomic mass is 32.1. The minimum Gasteiger partial charge on any atom is -0.486 e. The molecule has 0 aliphatic carbocycles. The zero-order chi connectivity index (χ0) is 21.4. The van der Waals surface area contributed by atoms with Gasteiger partial charge >= 0.3 is 0 Å². The van der Waals surface area contributed by atoms with E-state index in [9.17, 15) is 4.79 Å². The van der Waals surface area contributed by atoms with Crippen LogP contribution in [0.15, 0.2) is 52.6 Å². The maximum Gasteiger partial charge on any atom is 0.261 e. The van der Waals surface area contributed by atoms with E-state index in [0.717, 1.165) is 39.1 Å². The van der Waals surface area contributed by atoms with Crippen LogP contribution in [0.5, 0.6) is 11.5 Å². The maximum absolute atomic E-state index is 13.2. The van der Waals surface area contributed by atoms with Gasteiger partial charge in [0.05, 0.1) is 29.7 Å². The molecule has 0 N–H and O–H groups in total. The first-order chi connectivity index (χ1) is 15.1. The molecule has 0 radical (unpaired) electrons. The van der Waals surface area contributed by atoms with Crippen molar-refractivity contribution in [1.82, 2.24) is 19.4 Å². The molecule has 1 aliphatic heterocycles. The number of hydrogen-bond acceptors (Lipinski definition) is 7. The fourth-order valence-corrected chi connectivity index (χ4v) is 4.43. The molecule has 0 amide bonds. The van der Waals surface area contributed by atoms with Gasteiger partial charge in [0.1, 0.15) is 24.0 Å². The van der Waals surface area contributed by atoms with Gasteiger partial charge in [-0.15, -0.1) is 11.3 Å². The van der Waals surface area contributed by atoms with Crippen LogP contribution in [0.4, 0.5) is 0 Å². The van der Waals surface area contributed by atoms with Gasteiger partial charge in [-0.3, -0.25) is 9.36 Å². The van der Waals surface area contributed by atoms with E-state index in [2.05, 4.69) is 0 Å². The van der Waals surface area contributed by atoms with Gasteiger partial charge in [-0.05, 0) is 44.4 Å². The lowest BCUT2D eigenvalue weighted by atomic mass is 10.1. The number of ether oxygens (including phenoxy) is 2. The van der Waals surface area contributed by atoms with Gasteiger partial charge in [-0.25, -0.2) is 9.97 Å². The second-order valence-electron chi connectivity index (χ2n) is 7.66. The van der Waals surface area contributed by atoms with Crippen LogP contribution in [-0.2, 0) is 13.1 Å². The Bertz CT molecular complexity index is 1310. The third-order valence-corrected chi connectivity index (χ3v) is 5.91. The van der Waals surface area contributed by atoms with E-state index in [-0.39, 0.29) is 5.56 Å². The summed E-state index contributed by atoms with van der Waals surface area (Å²) in [5.41, 5.74) is 2.49. The molecule has 158 valence electrons. The fourth-order valence-electron chi connectivity index (χ4n) is 3.63. The summed E-state index contributed by atoms with van der Waals surface area (Å²) < 4.78 is 13.0. The number of nitrogens with zero attached hydrogens (tertiary/aromatic N) is 4. The second-order valence-corrected chi connectivity index (χ2v) is 8.60. The Hall–Kier alpha value is -3.23. The Morgan fingerprint density at radius 2 is 1.87 bits per heavy atom. The predicted octanol–water partition coefficient (Wildman–Crippen LogP) is 3.40. The van der Waals surface area contributed by atoms with Crippen molar-refractivity contribution < 1.29 is 9.47 Å². The average molecular weight is 435 g/mol. The summed E-state index contributed by atoms with van der Waals surface area (Å²) in [5, 5.41) is 3.48. The molecule has 0 bridgehead atoms. The van der Waals surface area contributed by atoms with Crippen molar-refractivity contribution in [3.8, 4) is 22.8 Å². The van der Waals surface area contributed by atoms with Crippen molar-refractivity contribution >= 4 is 22.2 Å². The molecule has 0 unspecified atom stereocenters. The third-order valence-electron chi connectivity index (χ3n) is 5.08. The lowest BCUT2D eigenvalue weighted by Gasteiger charge is -2.18. The van der Waals surface area contributed by atoms with Gasteiger partial charge in [-0.1, -0.05) is 12.1 Å². The van der Waals surface area contributed by atoms with Gasteiger partial charge in [0.2, 0.25) is 0 Å². The standard InChI is InChI=1S/C23H22N4O3S/c1-26(2)12-21-24-17-6-4-3-5-16(17)23(28)27(21)13-22-25-18(14-31-22)15-7-8-19-20(11-15)30-10-9-29-19/h3-8,11,14H,9-10,12-13H2,1-2H3. The Balaban J connectivity index is 1.50. The van der Waals surface area contributed by atoms with Crippen LogP contribution >= 0.6 is 11.3 Å². The molecule has 0 atom stereocenters. The van der Waals surface area contributed by atoms with Crippen molar-refractivity contribution in [2.24, 2.45) is 0 Å². The number of para-hydroxylation sites is 1. The first-order valence-corrected chi connectivity index (χ1v) is 10.9. The molecule has 3 heterocycles. The van der Waals surface area contributed by atoms with Crippen LogP contribution in [-0.4, -0.2) is 46.7 Å². The van der Waals surface area contributed by atoms with Crippen molar-refractivity contribution in [3.63, 3.8) is 0 Å². The van der Waals surface area contributed by atoms with E-state index in [1.54, 1.807) is 4.57 Å². The number of thiazole rings is 1. The normalized spacial score (nSPS) is 13.1. The van der Waals surface area contributed by atoms with Crippen molar-refractivity contribution in [3.05, 3.63) is 69.0 Å². The minimum atomic E-state index is -0.0430. The summed E-state index contributed by atoms with van der Waals surface area (Å²) in [6, 6.07) is 13.3. The Labute approximate surface area is 183 Å². The first-order valence-electron chi connectivity index (χ1n) is 10.1. The van der Waals surface area contributed by atoms with Gasteiger partial charge in [-0.2, -0.15) is 0 Å². The maximum atomic E-state index is 13.2. The number of aromatic nitrogens is 3. The van der Waals surface area contributed by atoms with Gasteiger partial charge in [0.25, 0.3) is 5.56 Å². The van der Waals surface area contributed by atoms with Crippen LogP contribution in [0.2, 0.25) is 0 Å². The summed E-state index contributed by atoms with van der Waals surface area (Å²) in [5.74, 6) is 2.22. The van der Waals surface area contributed by atoms with Crippen LogP contribution in [0.1, 0.15) is 10.8 Å². The van der Waals surface area contributed by atoms with E-state index in [1.807, 2.05) is 66.8 Å². The highest BCUT2D eigenvalue weighted by Gasteiger charge is 2.16. The predicted molar refractivity (Wildman–Crippen MR) is 121 cm³/mol. The SMILES string of the molecule is CN(C)Cc1nc2ccccc2c(=O)n1Cc1nc(-c2ccc3c(c2)OCCO3)cs1. The van der Waals surface area contributed by atoms with Crippen molar-refractivity contribution in [2.45, 2.75) is 13.1 Å². The van der Waals surface area contributed by atoms with Crippen molar-refractivity contribution in [1.29, 1.82) is 0 Å². The quantitative estimate of drug-likeness (QED) is 0.480. The Morgan fingerprint density at radius 1 is 1.06 bits per heavy atom. The molecule has 2 aromatic carbocycles. The molecule has 31 heavy (non-hydrogen) atoms. The largest absolute Gasteiger partial charge is 0.486 e. The molecular formula is C23H22N4O3S. The van der Waals surface area contributed by atoms with Crippen molar-refractivity contribution in [2.75, 3.05) is 27.3 Å². The molecule has 2 aromatic heterocycles. The van der Waals surface area contributed by atoms with Gasteiger partial charge in [0, 0.05) is 10.9 Å². The zero-order valence-electron chi connectivity index (χ0n) is 17.4.